The highest BCUT2D eigenvalue weighted by molar-refractivity contribution is 7.98. The number of imidazole rings is 1. The van der Waals surface area contributed by atoms with Crippen LogP contribution in [0, 0.1) is 6.92 Å². The van der Waals surface area contributed by atoms with Crippen LogP contribution >= 0.6 is 11.8 Å². The molecule has 3 aromatic heterocycles. The van der Waals surface area contributed by atoms with Gasteiger partial charge in [0, 0.05) is 25.2 Å². The zero-order chi connectivity index (χ0) is 18.1. The molecule has 1 aromatic carbocycles. The van der Waals surface area contributed by atoms with Crippen molar-refractivity contribution in [1.82, 2.24) is 24.1 Å². The second-order valence-electron chi connectivity index (χ2n) is 6.09. The zero-order valence-corrected chi connectivity index (χ0v) is 15.7. The van der Waals surface area contributed by atoms with Gasteiger partial charge < -0.3 is 13.9 Å². The number of fused-ring (bicyclic) bond motifs is 1. The van der Waals surface area contributed by atoms with Crippen molar-refractivity contribution in [3.8, 4) is 11.6 Å². The van der Waals surface area contributed by atoms with E-state index in [1.807, 2.05) is 40.7 Å². The van der Waals surface area contributed by atoms with Crippen molar-refractivity contribution in [3.63, 3.8) is 0 Å². The van der Waals surface area contributed by atoms with Gasteiger partial charge in [0.2, 0.25) is 0 Å². The molecule has 0 spiro atoms. The highest BCUT2D eigenvalue weighted by atomic mass is 32.2. The van der Waals surface area contributed by atoms with Gasteiger partial charge in [-0.1, -0.05) is 23.9 Å². The number of thioether (sulfide) groups is 1. The molecular weight excluding hydrogens is 346 g/mol. The van der Waals surface area contributed by atoms with Crippen LogP contribution in [-0.2, 0) is 12.8 Å². The van der Waals surface area contributed by atoms with Gasteiger partial charge in [-0.3, -0.25) is 0 Å². The van der Waals surface area contributed by atoms with E-state index in [1.54, 1.807) is 25.2 Å². The molecule has 0 bridgehead atoms. The summed E-state index contributed by atoms with van der Waals surface area (Å²) in [7, 11) is 3.62. The van der Waals surface area contributed by atoms with Gasteiger partial charge in [-0.25, -0.2) is 15.0 Å². The van der Waals surface area contributed by atoms with Gasteiger partial charge in [0.15, 0.2) is 22.1 Å². The van der Waals surface area contributed by atoms with Crippen LogP contribution in [0.25, 0.3) is 17.0 Å². The fraction of sp³-hybridized carbons (Fsp3) is 0.211. The van der Waals surface area contributed by atoms with Crippen LogP contribution in [0.15, 0.2) is 54.2 Å². The van der Waals surface area contributed by atoms with Crippen molar-refractivity contribution in [2.75, 3.05) is 7.11 Å². The van der Waals surface area contributed by atoms with E-state index in [1.165, 1.54) is 11.1 Å². The first-order valence-corrected chi connectivity index (χ1v) is 9.22. The largest absolute Gasteiger partial charge is 0.497 e. The Bertz CT molecular complexity index is 1050. The summed E-state index contributed by atoms with van der Waals surface area (Å²) in [6.45, 7) is 2.06. The van der Waals surface area contributed by atoms with Crippen molar-refractivity contribution < 1.29 is 4.74 Å². The van der Waals surface area contributed by atoms with E-state index in [0.29, 0.717) is 0 Å². The molecule has 0 N–H and O–H groups in total. The summed E-state index contributed by atoms with van der Waals surface area (Å²) in [5.41, 5.74) is 4.01. The first-order valence-electron chi connectivity index (χ1n) is 8.24. The summed E-state index contributed by atoms with van der Waals surface area (Å²) >= 11 is 1.61. The Hall–Kier alpha value is -2.80. The van der Waals surface area contributed by atoms with Crippen molar-refractivity contribution in [1.29, 1.82) is 0 Å². The molecule has 0 saturated carbocycles. The van der Waals surface area contributed by atoms with Gasteiger partial charge >= 0.3 is 0 Å². The van der Waals surface area contributed by atoms with E-state index in [0.717, 1.165) is 33.6 Å². The first kappa shape index (κ1) is 16.7. The molecule has 0 aliphatic heterocycles. The molecule has 0 aliphatic carbocycles. The number of nitrogens with zero attached hydrogens (tertiary/aromatic N) is 5. The molecule has 6 nitrogen and oxygen atoms in total. The number of hydrogen-bond acceptors (Lipinski definition) is 5. The third-order valence-electron chi connectivity index (χ3n) is 4.13. The van der Waals surface area contributed by atoms with E-state index in [4.69, 9.17) is 14.7 Å². The Kier molecular flexibility index (Phi) is 4.38. The Morgan fingerprint density at radius 3 is 2.62 bits per heavy atom. The lowest BCUT2D eigenvalue weighted by molar-refractivity contribution is 0.414. The van der Waals surface area contributed by atoms with Gasteiger partial charge in [-0.2, -0.15) is 0 Å². The predicted molar refractivity (Wildman–Crippen MR) is 103 cm³/mol. The summed E-state index contributed by atoms with van der Waals surface area (Å²) in [6, 6.07) is 10.1. The molecule has 26 heavy (non-hydrogen) atoms. The zero-order valence-electron chi connectivity index (χ0n) is 14.9. The molecular formula is C19H19N5OS. The topological polar surface area (TPSA) is 57.8 Å². The van der Waals surface area contributed by atoms with Crippen molar-refractivity contribution in [2.45, 2.75) is 17.8 Å². The van der Waals surface area contributed by atoms with Gasteiger partial charge in [0.05, 0.1) is 13.4 Å². The lowest BCUT2D eigenvalue weighted by atomic mass is 10.2. The van der Waals surface area contributed by atoms with Crippen molar-refractivity contribution >= 4 is 22.9 Å². The minimum absolute atomic E-state index is 0.735. The number of methoxy groups -OCH3 is 1. The van der Waals surface area contributed by atoms with Crippen LogP contribution in [0.3, 0.4) is 0 Å². The minimum atomic E-state index is 0.735. The number of aryl methyl sites for hydroxylation is 2. The molecule has 0 amide bonds. The maximum Gasteiger partial charge on any atom is 0.192 e. The second kappa shape index (κ2) is 6.84. The number of aromatic nitrogens is 5. The summed E-state index contributed by atoms with van der Waals surface area (Å²) in [4.78, 5) is 13.9. The average molecular weight is 365 g/mol. The third-order valence-corrected chi connectivity index (χ3v) is 5.05. The van der Waals surface area contributed by atoms with Gasteiger partial charge in [-0.05, 0) is 36.2 Å². The smallest absolute Gasteiger partial charge is 0.192 e. The fourth-order valence-corrected chi connectivity index (χ4v) is 3.51. The summed E-state index contributed by atoms with van der Waals surface area (Å²) in [5, 5.41) is 0.735. The maximum absolute atomic E-state index is 5.21. The SMILES string of the molecule is COc1ccc(CSc2nc(-n3ccc(C)c3)c3ncn(C)c3n2)cc1. The molecule has 7 heteroatoms. The molecule has 0 aliphatic rings. The molecule has 3 heterocycles. The quantitative estimate of drug-likeness (QED) is 0.398. The lowest BCUT2D eigenvalue weighted by Gasteiger charge is -2.07. The van der Waals surface area contributed by atoms with Crippen LogP contribution in [0.5, 0.6) is 5.75 Å². The van der Waals surface area contributed by atoms with E-state index >= 15 is 0 Å². The Morgan fingerprint density at radius 2 is 1.92 bits per heavy atom. The molecule has 0 saturated heterocycles. The predicted octanol–water partition coefficient (Wildman–Crippen LogP) is 3.76. The van der Waals surface area contributed by atoms with Gasteiger partial charge in [0.1, 0.15) is 5.75 Å². The fourth-order valence-electron chi connectivity index (χ4n) is 2.72. The van der Waals surface area contributed by atoms with E-state index in [-0.39, 0.29) is 0 Å². The Labute approximate surface area is 155 Å². The second-order valence-corrected chi connectivity index (χ2v) is 7.03. The van der Waals surface area contributed by atoms with Gasteiger partial charge in [0.25, 0.3) is 0 Å². The van der Waals surface area contributed by atoms with E-state index in [2.05, 4.69) is 30.1 Å². The highest BCUT2D eigenvalue weighted by Crippen LogP contribution is 2.26. The number of hydrogen-bond donors (Lipinski definition) is 0. The van der Waals surface area contributed by atoms with E-state index in [9.17, 15) is 0 Å². The Morgan fingerprint density at radius 1 is 1.12 bits per heavy atom. The molecule has 4 rings (SSSR count). The maximum atomic E-state index is 5.21. The lowest BCUT2D eigenvalue weighted by Crippen LogP contribution is -2.01. The van der Waals surface area contributed by atoms with E-state index < -0.39 is 0 Å². The summed E-state index contributed by atoms with van der Waals surface area (Å²) in [5.74, 6) is 2.45. The average Bonchev–Trinajstić information content (AvgIpc) is 3.26. The highest BCUT2D eigenvalue weighted by Gasteiger charge is 2.14. The van der Waals surface area contributed by atoms with Gasteiger partial charge in [-0.15, -0.1) is 0 Å². The van der Waals surface area contributed by atoms with Crippen LogP contribution in [0.4, 0.5) is 0 Å². The van der Waals surface area contributed by atoms with Crippen LogP contribution in [0.1, 0.15) is 11.1 Å². The molecule has 132 valence electrons. The van der Waals surface area contributed by atoms with Crippen LogP contribution in [-0.4, -0.2) is 31.2 Å². The molecule has 0 atom stereocenters. The monoisotopic (exact) mass is 365 g/mol. The summed E-state index contributed by atoms with van der Waals surface area (Å²) < 4.78 is 9.14. The number of benzene rings is 1. The van der Waals surface area contributed by atoms with Crippen LogP contribution in [0.2, 0.25) is 0 Å². The standard InChI is InChI=1S/C19H19N5OS/c1-13-8-9-24(10-13)18-16-17(23(2)12-20-16)21-19(22-18)26-11-14-4-6-15(25-3)7-5-14/h4-10,12H,11H2,1-3H3. The molecule has 4 aromatic rings. The first-order chi connectivity index (χ1) is 12.6. The summed E-state index contributed by atoms with van der Waals surface area (Å²) in [6.07, 6.45) is 5.83. The molecule has 0 radical (unpaired) electrons. The van der Waals surface area contributed by atoms with Crippen molar-refractivity contribution in [3.05, 3.63) is 60.2 Å². The molecule has 0 unspecified atom stereocenters. The Balaban J connectivity index is 1.67. The number of rotatable bonds is 5. The minimum Gasteiger partial charge on any atom is -0.497 e. The van der Waals surface area contributed by atoms with Crippen molar-refractivity contribution in [2.24, 2.45) is 7.05 Å². The number of ether oxygens (including phenoxy) is 1. The van der Waals surface area contributed by atoms with Crippen LogP contribution < -0.4 is 4.74 Å². The normalized spacial score (nSPS) is 11.2. The third kappa shape index (κ3) is 3.17. The molecule has 0 fully saturated rings.